The van der Waals surface area contributed by atoms with Gasteiger partial charge in [0.1, 0.15) is 11.5 Å². The molecule has 0 unspecified atom stereocenters. The molecule has 144 valence electrons. The molecular weight excluding hydrogens is 377 g/mol. The highest BCUT2D eigenvalue weighted by molar-refractivity contribution is 5.72. The third-order valence-electron chi connectivity index (χ3n) is 3.98. The molecule has 6 nitrogen and oxygen atoms in total. The van der Waals surface area contributed by atoms with Crippen LogP contribution in [-0.2, 0) is 13.2 Å². The molecule has 0 bridgehead atoms. The number of hydrogen-bond acceptors (Lipinski definition) is 4. The molecule has 0 amide bonds. The summed E-state index contributed by atoms with van der Waals surface area (Å²) in [7, 11) is 1.53. The van der Waals surface area contributed by atoms with Gasteiger partial charge >= 0.3 is 6.18 Å². The molecule has 0 N–H and O–H groups in total. The predicted molar refractivity (Wildman–Crippen MR) is 95.3 cm³/mol. The lowest BCUT2D eigenvalue weighted by Gasteiger charge is -2.13. The number of aromatic nitrogens is 1. The Bertz CT molecular complexity index is 1090. The van der Waals surface area contributed by atoms with Gasteiger partial charge in [0, 0.05) is 42.6 Å². The fourth-order valence-electron chi connectivity index (χ4n) is 2.54. The molecule has 0 aliphatic rings. The summed E-state index contributed by atoms with van der Waals surface area (Å²) in [4.78, 5) is 22.1. The average Bonchev–Trinajstić information content (AvgIpc) is 2.64. The molecule has 0 saturated heterocycles. The molecule has 9 heteroatoms. The lowest BCUT2D eigenvalue weighted by molar-refractivity contribution is -0.384. The van der Waals surface area contributed by atoms with Gasteiger partial charge in [0.15, 0.2) is 0 Å². The van der Waals surface area contributed by atoms with Gasteiger partial charge in [-0.15, -0.1) is 0 Å². The van der Waals surface area contributed by atoms with Gasteiger partial charge in [0.05, 0.1) is 10.5 Å². The first-order valence-electron chi connectivity index (χ1n) is 7.96. The number of rotatable bonds is 4. The Balaban J connectivity index is 2.04. The van der Waals surface area contributed by atoms with E-state index < -0.39 is 16.7 Å². The predicted octanol–water partition coefficient (Wildman–Crippen LogP) is 4.77. The Kier molecular flexibility index (Phi) is 4.91. The Morgan fingerprint density at radius 2 is 1.71 bits per heavy atom. The smallest absolute Gasteiger partial charge is 0.416 e. The Labute approximate surface area is 156 Å². The zero-order valence-electron chi connectivity index (χ0n) is 14.4. The van der Waals surface area contributed by atoms with Gasteiger partial charge in [-0.1, -0.05) is 0 Å². The highest BCUT2D eigenvalue weighted by Crippen LogP contribution is 2.37. The van der Waals surface area contributed by atoms with Gasteiger partial charge < -0.3 is 9.30 Å². The van der Waals surface area contributed by atoms with E-state index in [9.17, 15) is 28.1 Å². The van der Waals surface area contributed by atoms with Crippen molar-refractivity contribution < 1.29 is 22.8 Å². The maximum Gasteiger partial charge on any atom is 0.416 e. The molecule has 2 aromatic carbocycles. The van der Waals surface area contributed by atoms with Crippen LogP contribution in [0, 0.1) is 10.1 Å². The van der Waals surface area contributed by atoms with Crippen LogP contribution in [0.25, 0.3) is 11.1 Å². The van der Waals surface area contributed by atoms with Crippen LogP contribution in [0.3, 0.4) is 0 Å². The molecule has 0 fully saturated rings. The second kappa shape index (κ2) is 7.18. The Hall–Kier alpha value is -3.62. The first kappa shape index (κ1) is 19.2. The molecule has 0 aliphatic heterocycles. The number of benzene rings is 2. The van der Waals surface area contributed by atoms with Crippen LogP contribution in [0.4, 0.5) is 18.9 Å². The number of nitro benzene ring substituents is 1. The van der Waals surface area contributed by atoms with E-state index in [2.05, 4.69) is 0 Å². The van der Waals surface area contributed by atoms with Crippen LogP contribution in [0.5, 0.6) is 11.5 Å². The number of non-ortho nitro benzene ring substituents is 1. The van der Waals surface area contributed by atoms with E-state index in [0.717, 1.165) is 24.3 Å². The third-order valence-corrected chi connectivity index (χ3v) is 3.98. The van der Waals surface area contributed by atoms with Gasteiger partial charge in [0.2, 0.25) is 5.56 Å². The van der Waals surface area contributed by atoms with Gasteiger partial charge in [0.25, 0.3) is 5.69 Å². The van der Waals surface area contributed by atoms with Crippen molar-refractivity contribution in [2.75, 3.05) is 0 Å². The molecule has 0 saturated carbocycles. The van der Waals surface area contributed by atoms with Gasteiger partial charge in [-0.25, -0.2) is 0 Å². The van der Waals surface area contributed by atoms with Crippen molar-refractivity contribution in [3.05, 3.63) is 86.8 Å². The maximum absolute atomic E-state index is 12.7. The van der Waals surface area contributed by atoms with E-state index in [1.807, 2.05) is 0 Å². The van der Waals surface area contributed by atoms with E-state index >= 15 is 0 Å². The topological polar surface area (TPSA) is 74.4 Å². The minimum absolute atomic E-state index is 0.132. The van der Waals surface area contributed by atoms with E-state index in [1.165, 1.54) is 48.1 Å². The highest BCUT2D eigenvalue weighted by Gasteiger charge is 2.30. The molecule has 1 aromatic heterocycles. The number of ether oxygens (including phenoxy) is 1. The second-order valence-corrected chi connectivity index (χ2v) is 5.93. The minimum atomic E-state index is -4.47. The van der Waals surface area contributed by atoms with Gasteiger partial charge in [-0.2, -0.15) is 13.2 Å². The largest absolute Gasteiger partial charge is 0.457 e. The molecule has 0 spiro atoms. The fourth-order valence-corrected chi connectivity index (χ4v) is 2.54. The Morgan fingerprint density at radius 3 is 2.29 bits per heavy atom. The van der Waals surface area contributed by atoms with Crippen LogP contribution in [0.1, 0.15) is 5.56 Å². The van der Waals surface area contributed by atoms with Crippen LogP contribution >= 0.6 is 0 Å². The SMILES string of the molecule is Cn1cc(-c2cc([N+](=O)[O-])ccc2Oc2ccc(C(F)(F)F)cc2)ccc1=O. The summed E-state index contributed by atoms with van der Waals surface area (Å²) in [5.74, 6) is 0.330. The molecule has 3 aromatic rings. The summed E-state index contributed by atoms with van der Waals surface area (Å²) in [6.07, 6.45) is -2.98. The summed E-state index contributed by atoms with van der Waals surface area (Å²) in [6, 6.07) is 10.7. The number of hydrogen-bond donors (Lipinski definition) is 0. The average molecular weight is 390 g/mol. The van der Waals surface area contributed by atoms with Crippen LogP contribution in [0.15, 0.2) is 65.6 Å². The number of alkyl halides is 3. The van der Waals surface area contributed by atoms with Crippen molar-refractivity contribution in [3.63, 3.8) is 0 Å². The van der Waals surface area contributed by atoms with Crippen LogP contribution in [-0.4, -0.2) is 9.49 Å². The second-order valence-electron chi connectivity index (χ2n) is 5.93. The number of halogens is 3. The standard InChI is InChI=1S/C19H13F3N2O4/c1-23-11-12(2-9-18(23)25)16-10-14(24(26)27)5-8-17(16)28-15-6-3-13(4-7-15)19(20,21)22/h2-11H,1H3. The molecule has 3 rings (SSSR count). The first-order valence-corrected chi connectivity index (χ1v) is 7.96. The van der Waals surface area contributed by atoms with Crippen molar-refractivity contribution in [3.8, 4) is 22.6 Å². The summed E-state index contributed by atoms with van der Waals surface area (Å²) in [5.41, 5.74) is -0.470. The Morgan fingerprint density at radius 1 is 1.04 bits per heavy atom. The van der Waals surface area contributed by atoms with Crippen LogP contribution in [0.2, 0.25) is 0 Å². The molecule has 0 radical (unpaired) electrons. The number of pyridine rings is 1. The van der Waals surface area contributed by atoms with Crippen molar-refractivity contribution in [1.29, 1.82) is 0 Å². The van der Waals surface area contributed by atoms with Crippen LogP contribution < -0.4 is 10.3 Å². The van der Waals surface area contributed by atoms with E-state index in [-0.39, 0.29) is 22.7 Å². The fraction of sp³-hybridized carbons (Fsp3) is 0.105. The van der Waals surface area contributed by atoms with Gasteiger partial charge in [-0.05, 0) is 36.4 Å². The summed E-state index contributed by atoms with van der Waals surface area (Å²) < 4.78 is 45.0. The summed E-state index contributed by atoms with van der Waals surface area (Å²) in [6.45, 7) is 0. The van der Waals surface area contributed by atoms with E-state index in [1.54, 1.807) is 0 Å². The maximum atomic E-state index is 12.7. The highest BCUT2D eigenvalue weighted by atomic mass is 19.4. The molecule has 1 heterocycles. The number of aryl methyl sites for hydroxylation is 1. The molecule has 0 aliphatic carbocycles. The van der Waals surface area contributed by atoms with Crippen molar-refractivity contribution in [2.45, 2.75) is 6.18 Å². The van der Waals surface area contributed by atoms with E-state index in [0.29, 0.717) is 11.1 Å². The number of nitrogens with zero attached hydrogens (tertiary/aromatic N) is 2. The summed E-state index contributed by atoms with van der Waals surface area (Å²) >= 11 is 0. The molecule has 28 heavy (non-hydrogen) atoms. The van der Waals surface area contributed by atoms with Gasteiger partial charge in [-0.3, -0.25) is 14.9 Å². The number of nitro groups is 1. The van der Waals surface area contributed by atoms with E-state index in [4.69, 9.17) is 4.74 Å². The molecular formula is C19H13F3N2O4. The summed E-state index contributed by atoms with van der Waals surface area (Å²) in [5, 5.41) is 11.1. The molecule has 0 atom stereocenters. The zero-order valence-corrected chi connectivity index (χ0v) is 14.4. The first-order chi connectivity index (χ1) is 13.1. The zero-order chi connectivity index (χ0) is 20.5. The van der Waals surface area contributed by atoms with Crippen molar-refractivity contribution in [2.24, 2.45) is 7.05 Å². The third kappa shape index (κ3) is 4.03. The lowest BCUT2D eigenvalue weighted by atomic mass is 10.1. The monoisotopic (exact) mass is 390 g/mol. The lowest BCUT2D eigenvalue weighted by Crippen LogP contribution is -2.14. The van der Waals surface area contributed by atoms with Crippen molar-refractivity contribution in [1.82, 2.24) is 4.57 Å². The quantitative estimate of drug-likeness (QED) is 0.475. The normalized spacial score (nSPS) is 11.3. The van der Waals surface area contributed by atoms with Crippen molar-refractivity contribution >= 4 is 5.69 Å². The minimum Gasteiger partial charge on any atom is -0.457 e.